The molecule has 2 heterocycles. The van der Waals surface area contributed by atoms with Crippen LogP contribution in [-0.2, 0) is 0 Å². The summed E-state index contributed by atoms with van der Waals surface area (Å²) in [6.45, 7) is 0.790. The highest BCUT2D eigenvalue weighted by atomic mass is 32.2. The van der Waals surface area contributed by atoms with Crippen LogP contribution in [0.1, 0.15) is 21.3 Å². The van der Waals surface area contributed by atoms with Gasteiger partial charge >= 0.3 is 0 Å². The van der Waals surface area contributed by atoms with Gasteiger partial charge < -0.3 is 14.4 Å². The van der Waals surface area contributed by atoms with E-state index in [1.807, 2.05) is 18.2 Å². The average Bonchev–Trinajstić information content (AvgIpc) is 3.29. The first kappa shape index (κ1) is 15.8. The normalized spacial score (nSPS) is 18.4. The molecule has 0 aromatic heterocycles. The first-order valence-corrected chi connectivity index (χ1v) is 8.75. The standard InChI is InChI=1S/C17H14N2O5S/c20-16(11-2-1-3-13(8-11)19(21)22)18-6-7-25-17(18)12-4-5-14-15(9-12)24-10-23-14/h1-5,8-9,17H,6-7,10H2. The van der Waals surface area contributed by atoms with Crippen LogP contribution in [0.5, 0.6) is 11.5 Å². The maximum Gasteiger partial charge on any atom is 0.270 e. The summed E-state index contributed by atoms with van der Waals surface area (Å²) in [6.07, 6.45) is 0. The molecular weight excluding hydrogens is 344 g/mol. The zero-order valence-corrected chi connectivity index (χ0v) is 13.9. The van der Waals surface area contributed by atoms with Crippen LogP contribution in [0.3, 0.4) is 0 Å². The Morgan fingerprint density at radius 1 is 1.20 bits per heavy atom. The van der Waals surface area contributed by atoms with Crippen molar-refractivity contribution in [1.29, 1.82) is 0 Å². The van der Waals surface area contributed by atoms with Crippen molar-refractivity contribution in [3.8, 4) is 11.5 Å². The molecule has 2 aliphatic heterocycles. The highest BCUT2D eigenvalue weighted by molar-refractivity contribution is 7.99. The Morgan fingerprint density at radius 2 is 2.04 bits per heavy atom. The molecule has 0 saturated carbocycles. The van der Waals surface area contributed by atoms with E-state index >= 15 is 0 Å². The number of hydrogen-bond acceptors (Lipinski definition) is 6. The minimum atomic E-state index is -0.495. The van der Waals surface area contributed by atoms with Crippen molar-refractivity contribution in [1.82, 2.24) is 4.90 Å². The molecule has 1 atom stereocenters. The zero-order chi connectivity index (χ0) is 17.4. The van der Waals surface area contributed by atoms with Crippen molar-refractivity contribution in [3.05, 3.63) is 63.7 Å². The van der Waals surface area contributed by atoms with Crippen LogP contribution < -0.4 is 9.47 Å². The van der Waals surface area contributed by atoms with Crippen molar-refractivity contribution >= 4 is 23.4 Å². The van der Waals surface area contributed by atoms with Gasteiger partial charge in [0.2, 0.25) is 6.79 Å². The van der Waals surface area contributed by atoms with Crippen molar-refractivity contribution in [2.24, 2.45) is 0 Å². The Balaban J connectivity index is 1.62. The molecule has 128 valence electrons. The number of non-ortho nitro benzene ring substituents is 1. The molecule has 0 radical (unpaired) electrons. The number of carbonyl (C=O) groups is 1. The SMILES string of the molecule is O=C(c1cccc([N+](=O)[O-])c1)N1CCSC1c1ccc2c(c1)OCO2. The van der Waals surface area contributed by atoms with Crippen LogP contribution >= 0.6 is 11.8 Å². The van der Waals surface area contributed by atoms with Crippen LogP contribution in [0.25, 0.3) is 0 Å². The third-order valence-corrected chi connectivity index (χ3v) is 5.40. The number of carbonyl (C=O) groups excluding carboxylic acids is 1. The Morgan fingerprint density at radius 3 is 2.88 bits per heavy atom. The van der Waals surface area contributed by atoms with E-state index in [-0.39, 0.29) is 23.8 Å². The van der Waals surface area contributed by atoms with Crippen LogP contribution in [0.15, 0.2) is 42.5 Å². The van der Waals surface area contributed by atoms with E-state index in [0.29, 0.717) is 23.6 Å². The molecule has 7 nitrogen and oxygen atoms in total. The summed E-state index contributed by atoms with van der Waals surface area (Å²) in [7, 11) is 0. The van der Waals surface area contributed by atoms with Crippen molar-refractivity contribution < 1.29 is 19.2 Å². The lowest BCUT2D eigenvalue weighted by Crippen LogP contribution is -2.30. The molecule has 1 fully saturated rings. The van der Waals surface area contributed by atoms with Crippen LogP contribution in [0, 0.1) is 10.1 Å². The van der Waals surface area contributed by atoms with Gasteiger partial charge in [-0.15, -0.1) is 11.8 Å². The van der Waals surface area contributed by atoms with Gasteiger partial charge in [0.15, 0.2) is 11.5 Å². The molecule has 1 unspecified atom stereocenters. The van der Waals surface area contributed by atoms with Crippen molar-refractivity contribution in [2.45, 2.75) is 5.37 Å². The van der Waals surface area contributed by atoms with Crippen molar-refractivity contribution in [3.63, 3.8) is 0 Å². The molecule has 2 aromatic carbocycles. The Kier molecular flexibility index (Phi) is 3.96. The maximum atomic E-state index is 12.9. The fourth-order valence-corrected chi connectivity index (χ4v) is 4.18. The second-order valence-corrected chi connectivity index (χ2v) is 6.83. The predicted octanol–water partition coefficient (Wildman–Crippen LogP) is 3.21. The van der Waals surface area contributed by atoms with Gasteiger partial charge in [0.25, 0.3) is 11.6 Å². The number of amides is 1. The lowest BCUT2D eigenvalue weighted by atomic mass is 10.1. The molecule has 25 heavy (non-hydrogen) atoms. The summed E-state index contributed by atoms with van der Waals surface area (Å²) in [5.41, 5.74) is 1.19. The lowest BCUT2D eigenvalue weighted by molar-refractivity contribution is -0.384. The van der Waals surface area contributed by atoms with Crippen LogP contribution in [-0.4, -0.2) is 34.8 Å². The van der Waals surface area contributed by atoms with E-state index in [9.17, 15) is 14.9 Å². The summed E-state index contributed by atoms with van der Waals surface area (Å²) in [6, 6.07) is 11.5. The number of benzene rings is 2. The predicted molar refractivity (Wildman–Crippen MR) is 91.9 cm³/mol. The summed E-state index contributed by atoms with van der Waals surface area (Å²) < 4.78 is 10.7. The van der Waals surface area contributed by atoms with Crippen LogP contribution in [0.4, 0.5) is 5.69 Å². The minimum Gasteiger partial charge on any atom is -0.454 e. The molecular formula is C17H14N2O5S. The van der Waals surface area contributed by atoms with E-state index in [4.69, 9.17) is 9.47 Å². The van der Waals surface area contributed by atoms with E-state index in [1.165, 1.54) is 18.2 Å². The quantitative estimate of drug-likeness (QED) is 0.619. The van der Waals surface area contributed by atoms with Gasteiger partial charge in [-0.25, -0.2) is 0 Å². The highest BCUT2D eigenvalue weighted by Gasteiger charge is 2.32. The second kappa shape index (κ2) is 6.29. The van der Waals surface area contributed by atoms with Gasteiger partial charge in [-0.2, -0.15) is 0 Å². The summed E-state index contributed by atoms with van der Waals surface area (Å²) in [5.74, 6) is 1.96. The Labute approximate surface area is 147 Å². The van der Waals surface area contributed by atoms with Gasteiger partial charge in [-0.05, 0) is 23.8 Å². The molecule has 2 aliphatic rings. The first-order valence-electron chi connectivity index (χ1n) is 7.70. The van der Waals surface area contributed by atoms with Gasteiger partial charge in [0, 0.05) is 30.0 Å². The van der Waals surface area contributed by atoms with Gasteiger partial charge in [0.05, 0.1) is 4.92 Å². The number of ether oxygens (including phenoxy) is 2. The number of nitro groups is 1. The minimum absolute atomic E-state index is 0.0858. The molecule has 1 saturated heterocycles. The van der Waals surface area contributed by atoms with Crippen LogP contribution in [0.2, 0.25) is 0 Å². The molecule has 8 heteroatoms. The smallest absolute Gasteiger partial charge is 0.270 e. The molecule has 4 rings (SSSR count). The Bertz CT molecular complexity index is 857. The Hall–Kier alpha value is -2.74. The topological polar surface area (TPSA) is 81.9 Å². The number of rotatable bonds is 3. The van der Waals surface area contributed by atoms with E-state index in [0.717, 1.165) is 11.3 Å². The highest BCUT2D eigenvalue weighted by Crippen LogP contribution is 2.42. The molecule has 0 spiro atoms. The van der Waals surface area contributed by atoms with Gasteiger partial charge in [-0.3, -0.25) is 14.9 Å². The lowest BCUT2D eigenvalue weighted by Gasteiger charge is -2.24. The monoisotopic (exact) mass is 358 g/mol. The molecule has 1 amide bonds. The number of nitro benzene ring substituents is 1. The van der Waals surface area contributed by atoms with Gasteiger partial charge in [0.1, 0.15) is 5.37 Å². The summed E-state index contributed by atoms with van der Waals surface area (Å²) >= 11 is 1.66. The maximum absolute atomic E-state index is 12.9. The zero-order valence-electron chi connectivity index (χ0n) is 13.1. The molecule has 0 N–H and O–H groups in total. The fourth-order valence-electron chi connectivity index (χ4n) is 2.94. The third-order valence-electron chi connectivity index (χ3n) is 4.14. The van der Waals surface area contributed by atoms with E-state index in [1.54, 1.807) is 22.7 Å². The van der Waals surface area contributed by atoms with E-state index in [2.05, 4.69) is 0 Å². The summed E-state index contributed by atoms with van der Waals surface area (Å²) in [4.78, 5) is 25.1. The number of hydrogen-bond donors (Lipinski definition) is 0. The van der Waals surface area contributed by atoms with Crippen molar-refractivity contribution in [2.75, 3.05) is 19.1 Å². The fraction of sp³-hybridized carbons (Fsp3) is 0.235. The summed E-state index contributed by atoms with van der Waals surface area (Å²) in [5, 5.41) is 10.8. The average molecular weight is 358 g/mol. The largest absolute Gasteiger partial charge is 0.454 e. The molecule has 2 aromatic rings. The van der Waals surface area contributed by atoms with E-state index < -0.39 is 4.92 Å². The second-order valence-electron chi connectivity index (χ2n) is 5.64. The molecule has 0 aliphatic carbocycles. The third kappa shape index (κ3) is 2.89. The van der Waals surface area contributed by atoms with Gasteiger partial charge in [-0.1, -0.05) is 12.1 Å². The number of fused-ring (bicyclic) bond motifs is 1. The first-order chi connectivity index (χ1) is 12.1. The molecule has 0 bridgehead atoms. The number of thioether (sulfide) groups is 1. The number of nitrogens with zero attached hydrogens (tertiary/aromatic N) is 2.